The highest BCUT2D eigenvalue weighted by Gasteiger charge is 2.20. The van der Waals surface area contributed by atoms with Crippen LogP contribution in [0.25, 0.3) is 0 Å². The highest BCUT2D eigenvalue weighted by Crippen LogP contribution is 2.28. The average Bonchev–Trinajstić information content (AvgIpc) is 2.70. The first kappa shape index (κ1) is 10.6. The predicted molar refractivity (Wildman–Crippen MR) is 55.9 cm³/mol. The summed E-state index contributed by atoms with van der Waals surface area (Å²) in [4.78, 5) is 7.72. The van der Waals surface area contributed by atoms with Crippen molar-refractivity contribution in [3.05, 3.63) is 36.2 Å². The van der Waals surface area contributed by atoms with Crippen LogP contribution in [-0.4, -0.2) is 32.0 Å². The number of ether oxygens (including phenoxy) is 1. The molecule has 6 heteroatoms. The fraction of sp³-hybridized carbons (Fsp3) is 0.300. The fourth-order valence-corrected chi connectivity index (χ4v) is 1.51. The van der Waals surface area contributed by atoms with Gasteiger partial charge >= 0.3 is 0 Å². The van der Waals surface area contributed by atoms with Gasteiger partial charge in [0.1, 0.15) is 18.1 Å². The molecule has 0 saturated carbocycles. The molecule has 0 amide bonds. The van der Waals surface area contributed by atoms with Gasteiger partial charge < -0.3 is 9.84 Å². The van der Waals surface area contributed by atoms with Crippen molar-refractivity contribution in [2.75, 3.05) is 7.11 Å². The van der Waals surface area contributed by atoms with Crippen LogP contribution in [-0.2, 0) is 7.05 Å². The van der Waals surface area contributed by atoms with Crippen LogP contribution < -0.4 is 4.74 Å². The summed E-state index contributed by atoms with van der Waals surface area (Å²) in [6.07, 6.45) is 5.25. The third-order valence-electron chi connectivity index (χ3n) is 2.32. The van der Waals surface area contributed by atoms with E-state index in [4.69, 9.17) is 4.74 Å². The van der Waals surface area contributed by atoms with Crippen molar-refractivity contribution in [3.8, 4) is 5.75 Å². The number of aryl methyl sites for hydroxylation is 1. The monoisotopic (exact) mass is 220 g/mol. The van der Waals surface area contributed by atoms with Crippen LogP contribution >= 0.6 is 0 Å². The van der Waals surface area contributed by atoms with E-state index in [1.807, 2.05) is 0 Å². The molecule has 0 aliphatic heterocycles. The first-order valence-corrected chi connectivity index (χ1v) is 4.73. The van der Waals surface area contributed by atoms with Crippen LogP contribution in [0.4, 0.5) is 0 Å². The van der Waals surface area contributed by atoms with Gasteiger partial charge in [0.15, 0.2) is 5.75 Å². The molecule has 1 unspecified atom stereocenters. The minimum absolute atomic E-state index is 0.541. The highest BCUT2D eigenvalue weighted by atomic mass is 16.5. The van der Waals surface area contributed by atoms with Gasteiger partial charge in [-0.2, -0.15) is 5.10 Å². The molecule has 0 fully saturated rings. The maximum atomic E-state index is 10.2. The lowest BCUT2D eigenvalue weighted by molar-refractivity contribution is 0.203. The third-order valence-corrected chi connectivity index (χ3v) is 2.32. The molecule has 2 aromatic heterocycles. The van der Waals surface area contributed by atoms with Gasteiger partial charge in [0, 0.05) is 25.0 Å². The summed E-state index contributed by atoms with van der Waals surface area (Å²) in [5.41, 5.74) is 1.18. The van der Waals surface area contributed by atoms with Crippen molar-refractivity contribution >= 4 is 0 Å². The van der Waals surface area contributed by atoms with Crippen LogP contribution in [0, 0.1) is 0 Å². The van der Waals surface area contributed by atoms with E-state index < -0.39 is 6.10 Å². The third kappa shape index (κ3) is 1.74. The topological polar surface area (TPSA) is 73.1 Å². The molecule has 0 spiro atoms. The molecule has 0 aliphatic carbocycles. The number of nitrogens with zero attached hydrogens (tertiary/aromatic N) is 4. The summed E-state index contributed by atoms with van der Waals surface area (Å²) < 4.78 is 6.69. The van der Waals surface area contributed by atoms with Gasteiger partial charge in [-0.05, 0) is 0 Å². The van der Waals surface area contributed by atoms with Crippen LogP contribution in [0.15, 0.2) is 24.9 Å². The molecule has 1 N–H and O–H groups in total. The molecular formula is C10H12N4O2. The van der Waals surface area contributed by atoms with E-state index in [0.717, 1.165) is 0 Å². The summed E-state index contributed by atoms with van der Waals surface area (Å²) in [7, 11) is 3.28. The second kappa shape index (κ2) is 4.28. The van der Waals surface area contributed by atoms with E-state index in [2.05, 4.69) is 15.1 Å². The molecule has 0 radical (unpaired) electrons. The smallest absolute Gasteiger partial charge is 0.162 e. The highest BCUT2D eigenvalue weighted by molar-refractivity contribution is 5.32. The number of hydrogen-bond donors (Lipinski definition) is 1. The van der Waals surface area contributed by atoms with E-state index in [-0.39, 0.29) is 0 Å². The SMILES string of the molecule is COc1cnn(C)c1C(O)c1cncnc1. The molecule has 2 aromatic rings. The van der Waals surface area contributed by atoms with E-state index >= 15 is 0 Å². The maximum absolute atomic E-state index is 10.2. The summed E-state index contributed by atoms with van der Waals surface area (Å²) in [6.45, 7) is 0. The predicted octanol–water partition coefficient (Wildman–Crippen LogP) is 0.300. The van der Waals surface area contributed by atoms with Crippen LogP contribution in [0.5, 0.6) is 5.75 Å². The van der Waals surface area contributed by atoms with Gasteiger partial charge in [0.25, 0.3) is 0 Å². The van der Waals surface area contributed by atoms with Gasteiger partial charge in [-0.3, -0.25) is 4.68 Å². The lowest BCUT2D eigenvalue weighted by atomic mass is 10.1. The zero-order valence-electron chi connectivity index (χ0n) is 9.03. The first-order valence-electron chi connectivity index (χ1n) is 4.73. The summed E-state index contributed by atoms with van der Waals surface area (Å²) >= 11 is 0. The van der Waals surface area contributed by atoms with Crippen molar-refractivity contribution in [1.82, 2.24) is 19.7 Å². The Labute approximate surface area is 92.5 Å². The minimum atomic E-state index is -0.844. The van der Waals surface area contributed by atoms with Crippen molar-refractivity contribution in [2.24, 2.45) is 7.05 Å². The molecule has 0 saturated heterocycles. The van der Waals surface area contributed by atoms with Crippen molar-refractivity contribution in [1.29, 1.82) is 0 Å². The lowest BCUT2D eigenvalue weighted by Crippen LogP contribution is -2.08. The summed E-state index contributed by atoms with van der Waals surface area (Å²) in [5.74, 6) is 0.541. The number of rotatable bonds is 3. The number of aromatic nitrogens is 4. The Balaban J connectivity index is 2.41. The Kier molecular flexibility index (Phi) is 2.82. The molecule has 0 aliphatic rings. The largest absolute Gasteiger partial charge is 0.493 e. The number of aliphatic hydroxyl groups excluding tert-OH is 1. The molecule has 84 valence electrons. The molecule has 0 bridgehead atoms. The van der Waals surface area contributed by atoms with Gasteiger partial charge in [-0.25, -0.2) is 9.97 Å². The average molecular weight is 220 g/mol. The van der Waals surface area contributed by atoms with Crippen LogP contribution in [0.1, 0.15) is 17.4 Å². The zero-order valence-corrected chi connectivity index (χ0v) is 9.03. The standard InChI is InChI=1S/C10H12N4O2/c1-14-9(8(16-2)5-13-14)10(15)7-3-11-6-12-4-7/h3-6,10,15H,1-2H3. The normalized spacial score (nSPS) is 12.4. The second-order valence-electron chi connectivity index (χ2n) is 3.30. The molecule has 6 nitrogen and oxygen atoms in total. The molecule has 16 heavy (non-hydrogen) atoms. The van der Waals surface area contributed by atoms with E-state index in [1.54, 1.807) is 30.3 Å². The Hall–Kier alpha value is -1.95. The fourth-order valence-electron chi connectivity index (χ4n) is 1.51. The molecule has 1 atom stereocenters. The second-order valence-corrected chi connectivity index (χ2v) is 3.30. The van der Waals surface area contributed by atoms with Crippen molar-refractivity contribution in [2.45, 2.75) is 6.10 Å². The van der Waals surface area contributed by atoms with E-state index in [0.29, 0.717) is 17.0 Å². The van der Waals surface area contributed by atoms with Gasteiger partial charge in [-0.1, -0.05) is 0 Å². The summed E-state index contributed by atoms with van der Waals surface area (Å²) in [5, 5.41) is 14.2. The Morgan fingerprint density at radius 3 is 2.62 bits per heavy atom. The Morgan fingerprint density at radius 2 is 2.00 bits per heavy atom. The quantitative estimate of drug-likeness (QED) is 0.805. The van der Waals surface area contributed by atoms with Crippen LogP contribution in [0.3, 0.4) is 0 Å². The maximum Gasteiger partial charge on any atom is 0.162 e. The molecule has 0 aromatic carbocycles. The van der Waals surface area contributed by atoms with Gasteiger partial charge in [-0.15, -0.1) is 0 Å². The molecule has 2 rings (SSSR count). The van der Waals surface area contributed by atoms with E-state index in [1.165, 1.54) is 13.4 Å². The van der Waals surface area contributed by atoms with Gasteiger partial charge in [0.2, 0.25) is 0 Å². The lowest BCUT2D eigenvalue weighted by Gasteiger charge is -2.12. The van der Waals surface area contributed by atoms with Crippen molar-refractivity contribution in [3.63, 3.8) is 0 Å². The Bertz CT molecular complexity index is 469. The van der Waals surface area contributed by atoms with Gasteiger partial charge in [0.05, 0.1) is 13.3 Å². The first-order chi connectivity index (χ1) is 7.74. The zero-order chi connectivity index (χ0) is 11.5. The number of aliphatic hydroxyl groups is 1. The van der Waals surface area contributed by atoms with E-state index in [9.17, 15) is 5.11 Å². The Morgan fingerprint density at radius 1 is 1.31 bits per heavy atom. The minimum Gasteiger partial charge on any atom is -0.493 e. The number of hydrogen-bond acceptors (Lipinski definition) is 5. The van der Waals surface area contributed by atoms with Crippen molar-refractivity contribution < 1.29 is 9.84 Å². The summed E-state index contributed by atoms with van der Waals surface area (Å²) in [6, 6.07) is 0. The molecular weight excluding hydrogens is 208 g/mol. The molecule has 2 heterocycles. The van der Waals surface area contributed by atoms with Crippen LogP contribution in [0.2, 0.25) is 0 Å². The number of methoxy groups -OCH3 is 1.